The molecule has 8 heteroatoms. The summed E-state index contributed by atoms with van der Waals surface area (Å²) < 4.78 is 11.9. The van der Waals surface area contributed by atoms with Crippen molar-refractivity contribution in [2.24, 2.45) is 11.1 Å². The Bertz CT molecular complexity index is 405. The number of primary amides is 1. The number of hydrogen-bond acceptors (Lipinski definition) is 4. The van der Waals surface area contributed by atoms with Crippen LogP contribution in [0.15, 0.2) is 0 Å². The molecule has 0 radical (unpaired) electrons. The molecule has 7 nitrogen and oxygen atoms in total. The summed E-state index contributed by atoms with van der Waals surface area (Å²) in [7, 11) is -1.52. The number of hydrogen-bond donors (Lipinski definition) is 3. The van der Waals surface area contributed by atoms with Crippen LogP contribution < -0.4 is 11.1 Å². The average Bonchev–Trinajstić information content (AvgIpc) is 2.94. The number of imide groups is 1. The van der Waals surface area contributed by atoms with Crippen LogP contribution in [0, 0.1) is 5.41 Å². The topological polar surface area (TPSA) is 127 Å². The van der Waals surface area contributed by atoms with Gasteiger partial charge in [-0.2, -0.15) is 0 Å². The number of carbonyl (C=O) groups excluding carboxylic acids is 2. The normalized spacial score (nSPS) is 19.6. The third-order valence-electron chi connectivity index (χ3n) is 2.94. The highest BCUT2D eigenvalue weighted by atomic mass is 32.2. The molecule has 0 aromatic rings. The van der Waals surface area contributed by atoms with Gasteiger partial charge in [0.2, 0.25) is 5.91 Å². The Morgan fingerprint density at radius 3 is 2.39 bits per heavy atom. The van der Waals surface area contributed by atoms with E-state index in [1.807, 2.05) is 5.32 Å². The summed E-state index contributed by atoms with van der Waals surface area (Å²) in [5, 5.41) is 9.70. The van der Waals surface area contributed by atoms with Crippen LogP contribution in [0.2, 0.25) is 0 Å². The van der Waals surface area contributed by atoms with E-state index in [2.05, 4.69) is 0 Å². The number of nitrogens with two attached hydrogens (primary N) is 1. The smallest absolute Gasteiger partial charge is 0.318 e. The highest BCUT2D eigenvalue weighted by Crippen LogP contribution is 2.49. The van der Waals surface area contributed by atoms with E-state index in [0.717, 1.165) is 0 Å². The third-order valence-corrected chi connectivity index (χ3v) is 4.84. The Balaban J connectivity index is 2.52. The molecule has 0 heterocycles. The van der Waals surface area contributed by atoms with E-state index in [0.29, 0.717) is 12.8 Å². The van der Waals surface area contributed by atoms with Crippen molar-refractivity contribution in [3.8, 4) is 0 Å². The maximum absolute atomic E-state index is 11.9. The number of rotatable bonds is 6. The van der Waals surface area contributed by atoms with Gasteiger partial charge in [0.25, 0.3) is 0 Å². The number of carboxylic acids is 1. The lowest BCUT2D eigenvalue weighted by molar-refractivity contribution is -0.138. The van der Waals surface area contributed by atoms with Gasteiger partial charge in [-0.05, 0) is 25.2 Å². The minimum Gasteiger partial charge on any atom is -0.481 e. The van der Waals surface area contributed by atoms with E-state index in [-0.39, 0.29) is 12.2 Å². The Labute approximate surface area is 107 Å². The highest BCUT2D eigenvalue weighted by Gasteiger charge is 2.46. The zero-order chi connectivity index (χ0) is 13.9. The largest absolute Gasteiger partial charge is 0.481 e. The summed E-state index contributed by atoms with van der Waals surface area (Å²) in [6.45, 7) is 1.42. The maximum atomic E-state index is 11.9. The molecule has 102 valence electrons. The van der Waals surface area contributed by atoms with Crippen LogP contribution in [0.25, 0.3) is 0 Å². The van der Waals surface area contributed by atoms with Gasteiger partial charge in [-0.3, -0.25) is 19.1 Å². The Kier molecular flexibility index (Phi) is 4.44. The van der Waals surface area contributed by atoms with Gasteiger partial charge in [0.1, 0.15) is 5.25 Å². The molecule has 2 atom stereocenters. The van der Waals surface area contributed by atoms with E-state index in [4.69, 9.17) is 10.8 Å². The van der Waals surface area contributed by atoms with E-state index in [1.165, 1.54) is 6.92 Å². The monoisotopic (exact) mass is 276 g/mol. The zero-order valence-electron chi connectivity index (χ0n) is 9.97. The van der Waals surface area contributed by atoms with Crippen LogP contribution in [0.4, 0.5) is 4.79 Å². The molecule has 0 aromatic carbocycles. The number of aliphatic carboxylic acids is 1. The number of carbonyl (C=O) groups is 3. The fourth-order valence-corrected chi connectivity index (χ4v) is 3.18. The van der Waals surface area contributed by atoms with Gasteiger partial charge >= 0.3 is 12.0 Å². The van der Waals surface area contributed by atoms with Crippen molar-refractivity contribution in [3.63, 3.8) is 0 Å². The van der Waals surface area contributed by atoms with E-state index < -0.39 is 39.4 Å². The van der Waals surface area contributed by atoms with Gasteiger partial charge in [0.15, 0.2) is 0 Å². The minimum absolute atomic E-state index is 0.0388. The van der Waals surface area contributed by atoms with E-state index >= 15 is 0 Å². The molecular formula is C10H16N2O5S. The molecule has 1 aliphatic rings. The van der Waals surface area contributed by atoms with Crippen LogP contribution in [0.1, 0.15) is 26.2 Å². The lowest BCUT2D eigenvalue weighted by atomic mass is 10.1. The summed E-state index contributed by atoms with van der Waals surface area (Å²) in [4.78, 5) is 32.5. The zero-order valence-corrected chi connectivity index (χ0v) is 10.8. The molecule has 0 bridgehead atoms. The molecule has 4 N–H and O–H groups in total. The molecule has 0 aromatic heterocycles. The first kappa shape index (κ1) is 14.6. The molecular weight excluding hydrogens is 260 g/mol. The number of nitrogens with one attached hydrogen (secondary N) is 1. The Morgan fingerprint density at radius 2 is 2.00 bits per heavy atom. The second-order valence-electron chi connectivity index (χ2n) is 4.59. The SMILES string of the molecule is CC(C(=O)NC(N)=O)S(=O)CC1(CC(=O)O)CC1. The van der Waals surface area contributed by atoms with Crippen molar-refractivity contribution < 1.29 is 23.7 Å². The van der Waals surface area contributed by atoms with Gasteiger partial charge in [-0.1, -0.05) is 0 Å². The van der Waals surface area contributed by atoms with Crippen molar-refractivity contribution in [1.82, 2.24) is 5.32 Å². The second kappa shape index (κ2) is 5.47. The quantitative estimate of drug-likeness (QED) is 0.607. The molecule has 1 fully saturated rings. The number of amides is 3. The van der Waals surface area contributed by atoms with Gasteiger partial charge in [-0.25, -0.2) is 4.79 Å². The summed E-state index contributed by atoms with van der Waals surface area (Å²) in [6.07, 6.45) is 1.37. The van der Waals surface area contributed by atoms with E-state index in [9.17, 15) is 18.6 Å². The first-order chi connectivity index (χ1) is 8.26. The standard InChI is InChI=1S/C10H16N2O5S/c1-6(8(15)12-9(11)16)18(17)5-10(2-3-10)4-7(13)14/h6H,2-5H2,1H3,(H,13,14)(H3,11,12,15,16). The molecule has 0 aliphatic heterocycles. The summed E-state index contributed by atoms with van der Waals surface area (Å²) >= 11 is 0. The van der Waals surface area contributed by atoms with Crippen molar-refractivity contribution in [2.75, 3.05) is 5.75 Å². The van der Waals surface area contributed by atoms with Crippen LogP contribution in [0.5, 0.6) is 0 Å². The van der Waals surface area contributed by atoms with Crippen LogP contribution in [-0.4, -0.2) is 38.2 Å². The predicted octanol–water partition coefficient (Wildman–Crippen LogP) is -0.427. The van der Waals surface area contributed by atoms with Gasteiger partial charge in [0.05, 0.1) is 6.42 Å². The van der Waals surface area contributed by atoms with Gasteiger partial charge in [-0.15, -0.1) is 0 Å². The molecule has 2 unspecified atom stereocenters. The van der Waals surface area contributed by atoms with E-state index in [1.54, 1.807) is 0 Å². The molecule has 3 amide bonds. The van der Waals surface area contributed by atoms with Crippen LogP contribution in [0.3, 0.4) is 0 Å². The predicted molar refractivity (Wildman–Crippen MR) is 64.1 cm³/mol. The maximum Gasteiger partial charge on any atom is 0.318 e. The summed E-state index contributed by atoms with van der Waals surface area (Å²) in [6, 6.07) is -0.990. The molecule has 18 heavy (non-hydrogen) atoms. The second-order valence-corrected chi connectivity index (χ2v) is 6.35. The molecule has 0 spiro atoms. The molecule has 1 rings (SSSR count). The van der Waals surface area contributed by atoms with Crippen molar-refractivity contribution in [3.05, 3.63) is 0 Å². The van der Waals surface area contributed by atoms with Crippen molar-refractivity contribution in [1.29, 1.82) is 0 Å². The minimum atomic E-state index is -1.52. The first-order valence-corrected chi connectivity index (χ1v) is 6.83. The van der Waals surface area contributed by atoms with Gasteiger partial charge < -0.3 is 10.8 Å². The van der Waals surface area contributed by atoms with Crippen molar-refractivity contribution >= 4 is 28.7 Å². The lowest BCUT2D eigenvalue weighted by Gasteiger charge is -2.15. The van der Waals surface area contributed by atoms with Crippen LogP contribution >= 0.6 is 0 Å². The summed E-state index contributed by atoms with van der Waals surface area (Å²) in [5.41, 5.74) is 4.34. The lowest BCUT2D eigenvalue weighted by Crippen LogP contribution is -2.43. The third kappa shape index (κ3) is 4.10. The summed E-state index contributed by atoms with van der Waals surface area (Å²) in [5.74, 6) is -1.47. The fraction of sp³-hybridized carbons (Fsp3) is 0.700. The highest BCUT2D eigenvalue weighted by molar-refractivity contribution is 7.86. The van der Waals surface area contributed by atoms with Crippen LogP contribution in [-0.2, 0) is 20.4 Å². The number of carboxylic acid groups (broad SMARTS) is 1. The first-order valence-electron chi connectivity index (χ1n) is 5.45. The molecule has 1 saturated carbocycles. The Hall–Kier alpha value is -1.44. The van der Waals surface area contributed by atoms with Crippen molar-refractivity contribution in [2.45, 2.75) is 31.4 Å². The fourth-order valence-electron chi connectivity index (χ4n) is 1.64. The van der Waals surface area contributed by atoms with Gasteiger partial charge in [0, 0.05) is 16.6 Å². The molecule has 0 saturated heterocycles. The number of urea groups is 1. The average molecular weight is 276 g/mol. The Morgan fingerprint density at radius 1 is 1.44 bits per heavy atom. The molecule has 1 aliphatic carbocycles.